The normalized spacial score (nSPS) is 12.4. The van der Waals surface area contributed by atoms with Crippen LogP contribution in [-0.4, -0.2) is 28.3 Å². The van der Waals surface area contributed by atoms with E-state index in [1.54, 1.807) is 6.92 Å². The minimum Gasteiger partial charge on any atom is -0.465 e. The standard InChI is InChI=1S/C7H11N3O5/c1-2-14-5(11)4(8)3-10-6(12)9-7(13)15-10/h4H,2-3,8H2,1H3,(H,9,12,13)/t4-/m0/s1. The molecule has 3 N–H and O–H groups in total. The lowest BCUT2D eigenvalue weighted by Crippen LogP contribution is -2.38. The van der Waals surface area contributed by atoms with Crippen molar-refractivity contribution in [2.45, 2.75) is 19.5 Å². The largest absolute Gasteiger partial charge is 0.465 e. The zero-order chi connectivity index (χ0) is 11.4. The molecule has 1 aromatic heterocycles. The summed E-state index contributed by atoms with van der Waals surface area (Å²) in [6.45, 7) is 1.59. The Morgan fingerprint density at radius 1 is 1.67 bits per heavy atom. The number of hydrogen-bond acceptors (Lipinski definition) is 6. The Morgan fingerprint density at radius 2 is 2.33 bits per heavy atom. The highest BCUT2D eigenvalue weighted by Gasteiger charge is 2.17. The highest BCUT2D eigenvalue weighted by Crippen LogP contribution is 1.88. The highest BCUT2D eigenvalue weighted by molar-refractivity contribution is 5.75. The van der Waals surface area contributed by atoms with Crippen molar-refractivity contribution in [3.05, 3.63) is 21.0 Å². The first-order valence-corrected chi connectivity index (χ1v) is 4.27. The summed E-state index contributed by atoms with van der Waals surface area (Å²) >= 11 is 0. The van der Waals surface area contributed by atoms with E-state index in [-0.39, 0.29) is 13.2 Å². The highest BCUT2D eigenvalue weighted by atomic mass is 16.5. The smallest absolute Gasteiger partial charge is 0.440 e. The minimum absolute atomic E-state index is 0.193. The number of nitrogens with one attached hydrogen (secondary N) is 1. The molecule has 1 aromatic rings. The first-order chi connectivity index (χ1) is 7.04. The average Bonchev–Trinajstić information content (AvgIpc) is 2.45. The summed E-state index contributed by atoms with van der Waals surface area (Å²) in [5.74, 6) is -1.55. The maximum absolute atomic E-state index is 11.1. The van der Waals surface area contributed by atoms with E-state index in [0.717, 1.165) is 0 Å². The Hall–Kier alpha value is -1.83. The quantitative estimate of drug-likeness (QED) is 0.564. The summed E-state index contributed by atoms with van der Waals surface area (Å²) in [5.41, 5.74) is 4.65. The van der Waals surface area contributed by atoms with Gasteiger partial charge in [-0.15, -0.1) is 4.74 Å². The number of aromatic amines is 1. The van der Waals surface area contributed by atoms with Crippen LogP contribution in [0.15, 0.2) is 14.1 Å². The van der Waals surface area contributed by atoms with Crippen LogP contribution in [0.1, 0.15) is 6.92 Å². The monoisotopic (exact) mass is 217 g/mol. The van der Waals surface area contributed by atoms with Crippen LogP contribution in [-0.2, 0) is 16.1 Å². The number of nitrogens with zero attached hydrogens (tertiary/aromatic N) is 1. The summed E-state index contributed by atoms with van der Waals surface area (Å²) in [4.78, 5) is 34.5. The van der Waals surface area contributed by atoms with E-state index < -0.39 is 23.5 Å². The zero-order valence-electron chi connectivity index (χ0n) is 8.06. The van der Waals surface area contributed by atoms with Gasteiger partial charge in [-0.1, -0.05) is 0 Å². The van der Waals surface area contributed by atoms with Crippen LogP contribution >= 0.6 is 0 Å². The Labute approximate surface area is 83.6 Å². The molecule has 0 spiro atoms. The van der Waals surface area contributed by atoms with Gasteiger partial charge in [0.15, 0.2) is 0 Å². The third-order valence-corrected chi connectivity index (χ3v) is 1.58. The fourth-order valence-electron chi connectivity index (χ4n) is 0.937. The number of nitrogens with two attached hydrogens (primary N) is 1. The lowest BCUT2D eigenvalue weighted by Gasteiger charge is -2.08. The third kappa shape index (κ3) is 2.81. The molecule has 15 heavy (non-hydrogen) atoms. The Balaban J connectivity index is 2.70. The van der Waals surface area contributed by atoms with Crippen molar-refractivity contribution in [2.24, 2.45) is 5.73 Å². The van der Waals surface area contributed by atoms with E-state index in [2.05, 4.69) is 9.26 Å². The predicted molar refractivity (Wildman–Crippen MR) is 48.2 cm³/mol. The van der Waals surface area contributed by atoms with Crippen LogP contribution < -0.4 is 17.2 Å². The fraction of sp³-hybridized carbons (Fsp3) is 0.571. The number of rotatable bonds is 4. The van der Waals surface area contributed by atoms with Crippen molar-refractivity contribution in [1.29, 1.82) is 0 Å². The molecule has 0 fully saturated rings. The molecule has 0 unspecified atom stereocenters. The lowest BCUT2D eigenvalue weighted by molar-refractivity contribution is -0.145. The molecule has 0 aliphatic carbocycles. The van der Waals surface area contributed by atoms with Crippen LogP contribution in [0.25, 0.3) is 0 Å². The van der Waals surface area contributed by atoms with Gasteiger partial charge in [-0.25, -0.2) is 14.6 Å². The first-order valence-electron chi connectivity index (χ1n) is 4.27. The molecule has 0 saturated carbocycles. The molecule has 0 radical (unpaired) electrons. The molecule has 0 saturated heterocycles. The second-order valence-electron chi connectivity index (χ2n) is 2.73. The second-order valence-corrected chi connectivity index (χ2v) is 2.73. The van der Waals surface area contributed by atoms with Gasteiger partial charge < -0.3 is 15.0 Å². The number of hydrogen-bond donors (Lipinski definition) is 2. The van der Waals surface area contributed by atoms with Gasteiger partial charge in [0.25, 0.3) is 0 Å². The number of ether oxygens (including phenoxy) is 1. The number of esters is 1. The van der Waals surface area contributed by atoms with E-state index in [0.29, 0.717) is 4.74 Å². The topological polar surface area (TPSA) is 120 Å². The van der Waals surface area contributed by atoms with Crippen molar-refractivity contribution in [3.8, 4) is 0 Å². The summed E-state index contributed by atoms with van der Waals surface area (Å²) < 4.78 is 9.70. The molecule has 0 amide bonds. The number of carbonyl (C=O) groups is 1. The van der Waals surface area contributed by atoms with Crippen molar-refractivity contribution in [2.75, 3.05) is 6.61 Å². The van der Waals surface area contributed by atoms with E-state index in [9.17, 15) is 14.4 Å². The van der Waals surface area contributed by atoms with Gasteiger partial charge in [0, 0.05) is 0 Å². The van der Waals surface area contributed by atoms with Gasteiger partial charge in [0.05, 0.1) is 13.2 Å². The van der Waals surface area contributed by atoms with E-state index in [1.807, 2.05) is 4.98 Å². The fourth-order valence-corrected chi connectivity index (χ4v) is 0.937. The van der Waals surface area contributed by atoms with E-state index >= 15 is 0 Å². The molecular formula is C7H11N3O5. The van der Waals surface area contributed by atoms with E-state index in [4.69, 9.17) is 5.73 Å². The molecule has 1 atom stereocenters. The second kappa shape index (κ2) is 4.60. The van der Waals surface area contributed by atoms with Crippen molar-refractivity contribution in [3.63, 3.8) is 0 Å². The summed E-state index contributed by atoms with van der Waals surface area (Å²) in [6, 6.07) is -1.04. The molecule has 1 rings (SSSR count). The Morgan fingerprint density at radius 3 is 2.80 bits per heavy atom. The van der Waals surface area contributed by atoms with Gasteiger partial charge in [0.1, 0.15) is 6.04 Å². The van der Waals surface area contributed by atoms with Crippen LogP contribution in [0.3, 0.4) is 0 Å². The lowest BCUT2D eigenvalue weighted by atomic mass is 10.3. The van der Waals surface area contributed by atoms with Crippen LogP contribution in [0, 0.1) is 0 Å². The SMILES string of the molecule is CCOC(=O)[C@@H](N)Cn1oc(=O)[nH]c1=O. The van der Waals surface area contributed by atoms with Crippen LogP contribution in [0.4, 0.5) is 0 Å². The summed E-state index contributed by atoms with van der Waals surface area (Å²) in [6.07, 6.45) is 0. The Bertz CT molecular complexity index is 442. The molecular weight excluding hydrogens is 206 g/mol. The van der Waals surface area contributed by atoms with Gasteiger partial charge in [-0.2, -0.15) is 0 Å². The molecule has 8 nitrogen and oxygen atoms in total. The first kappa shape index (κ1) is 11.2. The molecule has 0 aromatic carbocycles. The minimum atomic E-state index is -1.04. The maximum Gasteiger partial charge on any atom is 0.440 e. The Kier molecular flexibility index (Phi) is 3.45. The third-order valence-electron chi connectivity index (χ3n) is 1.58. The molecule has 84 valence electrons. The molecule has 1 heterocycles. The zero-order valence-corrected chi connectivity index (χ0v) is 8.06. The van der Waals surface area contributed by atoms with E-state index in [1.165, 1.54) is 0 Å². The van der Waals surface area contributed by atoms with Crippen LogP contribution in [0.5, 0.6) is 0 Å². The predicted octanol–water partition coefficient (Wildman–Crippen LogP) is -1.98. The number of aromatic nitrogens is 2. The summed E-state index contributed by atoms with van der Waals surface area (Å²) in [5, 5.41) is 0. The molecule has 0 bridgehead atoms. The van der Waals surface area contributed by atoms with Gasteiger partial charge in [-0.05, 0) is 6.92 Å². The van der Waals surface area contributed by atoms with Crippen molar-refractivity contribution in [1.82, 2.24) is 9.72 Å². The maximum atomic E-state index is 11.1. The molecule has 0 aliphatic rings. The average molecular weight is 217 g/mol. The molecule has 0 aliphatic heterocycles. The number of carbonyl (C=O) groups excluding carboxylic acids is 1. The van der Waals surface area contributed by atoms with Crippen LogP contribution in [0.2, 0.25) is 0 Å². The van der Waals surface area contributed by atoms with Crippen molar-refractivity contribution >= 4 is 5.97 Å². The van der Waals surface area contributed by atoms with Gasteiger partial charge in [0.2, 0.25) is 0 Å². The van der Waals surface area contributed by atoms with Crippen molar-refractivity contribution < 1.29 is 14.1 Å². The number of H-pyrrole nitrogens is 1. The summed E-state index contributed by atoms with van der Waals surface area (Å²) in [7, 11) is 0. The van der Waals surface area contributed by atoms with Gasteiger partial charge in [-0.3, -0.25) is 4.79 Å². The van der Waals surface area contributed by atoms with Gasteiger partial charge >= 0.3 is 17.4 Å². The molecule has 8 heteroatoms.